The summed E-state index contributed by atoms with van der Waals surface area (Å²) in [5.41, 5.74) is 1.50. The Hall–Kier alpha value is -2.69. The first kappa shape index (κ1) is 12.8. The minimum Gasteiger partial charge on any atom is -0.497 e. The van der Waals surface area contributed by atoms with Gasteiger partial charge in [0.05, 0.1) is 17.7 Å². The Labute approximate surface area is 110 Å². The van der Waals surface area contributed by atoms with Crippen LogP contribution in [-0.4, -0.2) is 18.2 Å². The highest BCUT2D eigenvalue weighted by atomic mass is 16.6. The largest absolute Gasteiger partial charge is 0.497 e. The molecule has 0 aromatic heterocycles. The van der Waals surface area contributed by atoms with Gasteiger partial charge in [-0.05, 0) is 29.8 Å². The lowest BCUT2D eigenvalue weighted by atomic mass is 10.2. The number of nitro groups is 1. The molecule has 2 rings (SSSR count). The summed E-state index contributed by atoms with van der Waals surface area (Å²) >= 11 is 0. The highest BCUT2D eigenvalue weighted by molar-refractivity contribution is 5.82. The zero-order valence-electron chi connectivity index (χ0n) is 10.3. The van der Waals surface area contributed by atoms with Crippen LogP contribution in [0.1, 0.15) is 5.56 Å². The molecule has 0 aliphatic carbocycles. The van der Waals surface area contributed by atoms with E-state index in [1.165, 1.54) is 12.1 Å². The third kappa shape index (κ3) is 3.38. The van der Waals surface area contributed by atoms with Gasteiger partial charge in [-0.2, -0.15) is 0 Å². The third-order valence-corrected chi connectivity index (χ3v) is 2.52. The summed E-state index contributed by atoms with van der Waals surface area (Å²) < 4.78 is 5.05. The van der Waals surface area contributed by atoms with Gasteiger partial charge in [0.15, 0.2) is 0 Å². The van der Waals surface area contributed by atoms with Crippen LogP contribution in [0.2, 0.25) is 0 Å². The molecule has 5 heteroatoms. The van der Waals surface area contributed by atoms with Crippen molar-refractivity contribution in [2.75, 3.05) is 7.11 Å². The summed E-state index contributed by atoms with van der Waals surface area (Å²) in [6.07, 6.45) is 1.59. The molecule has 0 fully saturated rings. The molecule has 0 aliphatic heterocycles. The van der Waals surface area contributed by atoms with Crippen molar-refractivity contribution in [3.8, 4) is 5.75 Å². The molecule has 0 unspecified atom stereocenters. The van der Waals surface area contributed by atoms with Gasteiger partial charge in [0.1, 0.15) is 5.75 Å². The monoisotopic (exact) mass is 256 g/mol. The Bertz CT molecular complexity index is 606. The van der Waals surface area contributed by atoms with Crippen molar-refractivity contribution in [3.63, 3.8) is 0 Å². The summed E-state index contributed by atoms with van der Waals surface area (Å²) in [5.74, 6) is 0.759. The van der Waals surface area contributed by atoms with Crippen molar-refractivity contribution in [2.24, 2.45) is 4.99 Å². The first-order valence-corrected chi connectivity index (χ1v) is 5.61. The van der Waals surface area contributed by atoms with Crippen molar-refractivity contribution >= 4 is 17.6 Å². The highest BCUT2D eigenvalue weighted by Gasteiger charge is 2.03. The first-order chi connectivity index (χ1) is 9.19. The zero-order valence-corrected chi connectivity index (χ0v) is 10.3. The first-order valence-electron chi connectivity index (χ1n) is 5.61. The highest BCUT2D eigenvalue weighted by Crippen LogP contribution is 2.18. The molecular weight excluding hydrogens is 244 g/mol. The van der Waals surface area contributed by atoms with Crippen LogP contribution in [0.15, 0.2) is 53.5 Å². The Morgan fingerprint density at radius 2 is 1.95 bits per heavy atom. The second kappa shape index (κ2) is 5.77. The molecule has 2 aromatic rings. The second-order valence-corrected chi connectivity index (χ2v) is 3.81. The summed E-state index contributed by atoms with van der Waals surface area (Å²) in [7, 11) is 1.60. The van der Waals surface area contributed by atoms with E-state index >= 15 is 0 Å². The van der Waals surface area contributed by atoms with Gasteiger partial charge in [0, 0.05) is 18.3 Å². The van der Waals surface area contributed by atoms with Crippen LogP contribution in [0.25, 0.3) is 0 Å². The molecule has 0 N–H and O–H groups in total. The number of ether oxygens (including phenoxy) is 1. The Morgan fingerprint density at radius 3 is 2.58 bits per heavy atom. The molecule has 0 saturated carbocycles. The molecule has 0 saturated heterocycles. The van der Waals surface area contributed by atoms with Gasteiger partial charge < -0.3 is 4.74 Å². The van der Waals surface area contributed by atoms with Gasteiger partial charge in [-0.25, -0.2) is 0 Å². The number of methoxy groups -OCH3 is 1. The number of benzene rings is 2. The molecule has 0 heterocycles. The molecule has 2 aromatic carbocycles. The van der Waals surface area contributed by atoms with Gasteiger partial charge in [-0.3, -0.25) is 15.1 Å². The Kier molecular flexibility index (Phi) is 3.87. The number of rotatable bonds is 4. The van der Waals surface area contributed by atoms with Crippen LogP contribution in [0.3, 0.4) is 0 Å². The van der Waals surface area contributed by atoms with E-state index < -0.39 is 4.92 Å². The van der Waals surface area contributed by atoms with E-state index in [1.54, 1.807) is 37.6 Å². The average molecular weight is 256 g/mol. The van der Waals surface area contributed by atoms with Crippen molar-refractivity contribution in [1.29, 1.82) is 0 Å². The van der Waals surface area contributed by atoms with Crippen molar-refractivity contribution in [3.05, 3.63) is 64.2 Å². The maximum Gasteiger partial charge on any atom is 0.270 e. The fourth-order valence-electron chi connectivity index (χ4n) is 1.54. The maximum absolute atomic E-state index is 10.6. The van der Waals surface area contributed by atoms with Crippen LogP contribution >= 0.6 is 0 Å². The van der Waals surface area contributed by atoms with Crippen LogP contribution in [-0.2, 0) is 0 Å². The summed E-state index contributed by atoms with van der Waals surface area (Å²) in [5, 5.41) is 10.6. The standard InChI is InChI=1S/C14H12N2O3/c1-19-14-7-5-12(6-8-14)15-10-11-3-2-4-13(9-11)16(17)18/h2-10H,1H3/b15-10+. The summed E-state index contributed by atoms with van der Waals surface area (Å²) in [6.45, 7) is 0. The maximum atomic E-state index is 10.6. The van der Waals surface area contributed by atoms with E-state index in [2.05, 4.69) is 4.99 Å². The lowest BCUT2D eigenvalue weighted by Gasteiger charge is -1.99. The van der Waals surface area contributed by atoms with Gasteiger partial charge in [-0.15, -0.1) is 0 Å². The van der Waals surface area contributed by atoms with Crippen molar-refractivity contribution in [2.45, 2.75) is 0 Å². The van der Waals surface area contributed by atoms with Gasteiger partial charge in [-0.1, -0.05) is 12.1 Å². The third-order valence-electron chi connectivity index (χ3n) is 2.52. The number of nitrogens with zero attached hydrogens (tertiary/aromatic N) is 2. The predicted octanol–water partition coefficient (Wildman–Crippen LogP) is 3.35. The van der Waals surface area contributed by atoms with Gasteiger partial charge >= 0.3 is 0 Å². The number of hydrogen-bond donors (Lipinski definition) is 0. The molecule has 0 atom stereocenters. The summed E-state index contributed by atoms with van der Waals surface area (Å²) in [4.78, 5) is 14.5. The molecule has 19 heavy (non-hydrogen) atoms. The van der Waals surface area contributed by atoms with Crippen molar-refractivity contribution in [1.82, 2.24) is 0 Å². The van der Waals surface area contributed by atoms with E-state index in [9.17, 15) is 10.1 Å². The van der Waals surface area contributed by atoms with E-state index in [-0.39, 0.29) is 5.69 Å². The van der Waals surface area contributed by atoms with Crippen LogP contribution < -0.4 is 4.74 Å². The molecule has 5 nitrogen and oxygen atoms in total. The predicted molar refractivity (Wildman–Crippen MR) is 73.3 cm³/mol. The quantitative estimate of drug-likeness (QED) is 0.478. The zero-order chi connectivity index (χ0) is 13.7. The number of nitro benzene ring substituents is 1. The molecule has 0 spiro atoms. The average Bonchev–Trinajstić information content (AvgIpc) is 2.46. The fraction of sp³-hybridized carbons (Fsp3) is 0.0714. The minimum absolute atomic E-state index is 0.0543. The fourth-order valence-corrected chi connectivity index (χ4v) is 1.54. The topological polar surface area (TPSA) is 64.7 Å². The number of hydrogen-bond acceptors (Lipinski definition) is 4. The van der Waals surface area contributed by atoms with E-state index in [4.69, 9.17) is 4.74 Å². The molecule has 0 aliphatic rings. The second-order valence-electron chi connectivity index (χ2n) is 3.81. The SMILES string of the molecule is COc1ccc(/N=C/c2cccc([N+](=O)[O-])c2)cc1. The smallest absolute Gasteiger partial charge is 0.270 e. The molecule has 96 valence electrons. The summed E-state index contributed by atoms with van der Waals surface area (Å²) in [6, 6.07) is 13.6. The van der Waals surface area contributed by atoms with Crippen LogP contribution in [0, 0.1) is 10.1 Å². The Morgan fingerprint density at radius 1 is 1.21 bits per heavy atom. The number of aliphatic imine (C=N–C) groups is 1. The number of non-ortho nitro benzene ring substituents is 1. The van der Waals surface area contributed by atoms with Gasteiger partial charge in [0.2, 0.25) is 0 Å². The normalized spacial score (nSPS) is 10.6. The lowest BCUT2D eigenvalue weighted by Crippen LogP contribution is -1.89. The lowest BCUT2D eigenvalue weighted by molar-refractivity contribution is -0.384. The molecule has 0 amide bonds. The van der Waals surface area contributed by atoms with Crippen LogP contribution in [0.4, 0.5) is 11.4 Å². The van der Waals surface area contributed by atoms with Crippen LogP contribution in [0.5, 0.6) is 5.75 Å². The molecule has 0 bridgehead atoms. The van der Waals surface area contributed by atoms with E-state index in [1.807, 2.05) is 12.1 Å². The molecular formula is C14H12N2O3. The van der Waals surface area contributed by atoms with E-state index in [0.717, 1.165) is 11.4 Å². The van der Waals surface area contributed by atoms with E-state index in [0.29, 0.717) is 5.56 Å². The molecule has 0 radical (unpaired) electrons. The van der Waals surface area contributed by atoms with Gasteiger partial charge in [0.25, 0.3) is 5.69 Å². The Balaban J connectivity index is 2.17. The minimum atomic E-state index is -0.426. The van der Waals surface area contributed by atoms with Crippen molar-refractivity contribution < 1.29 is 9.66 Å².